The third-order valence-corrected chi connectivity index (χ3v) is 3.43. The van der Waals surface area contributed by atoms with E-state index >= 15 is 0 Å². The molecule has 1 N–H and O–H groups in total. The van der Waals surface area contributed by atoms with Crippen molar-refractivity contribution >= 4 is 16.7 Å². The average molecular weight is 313 g/mol. The van der Waals surface area contributed by atoms with Crippen LogP contribution in [-0.4, -0.2) is 22.0 Å². The van der Waals surface area contributed by atoms with Crippen molar-refractivity contribution < 1.29 is 14.4 Å². The van der Waals surface area contributed by atoms with Crippen LogP contribution in [0.1, 0.15) is 18.9 Å². The first-order valence-corrected chi connectivity index (χ1v) is 7.01. The number of non-ortho nitro benzene ring substituents is 1. The molecule has 0 saturated carbocycles. The Hall–Kier alpha value is -3.09. The van der Waals surface area contributed by atoms with Crippen LogP contribution in [0.2, 0.25) is 0 Å². The van der Waals surface area contributed by atoms with Crippen LogP contribution in [0.3, 0.4) is 0 Å². The van der Waals surface area contributed by atoms with Crippen LogP contribution in [0.4, 0.5) is 5.69 Å². The highest BCUT2D eigenvalue weighted by Crippen LogP contribution is 2.26. The van der Waals surface area contributed by atoms with Gasteiger partial charge in [-0.15, -0.1) is 0 Å². The molecular weight excluding hydrogens is 298 g/mol. The topological polar surface area (TPSA) is 90.3 Å². The lowest BCUT2D eigenvalue weighted by molar-refractivity contribution is -0.384. The van der Waals surface area contributed by atoms with E-state index in [9.17, 15) is 10.1 Å². The molecule has 7 heteroatoms. The molecular formula is C16H15N3O4. The number of hydrogen-bond donors (Lipinski definition) is 1. The molecule has 0 amide bonds. The molecule has 118 valence electrons. The van der Waals surface area contributed by atoms with Crippen LogP contribution >= 0.6 is 0 Å². The van der Waals surface area contributed by atoms with E-state index in [-0.39, 0.29) is 11.8 Å². The number of benzene rings is 2. The van der Waals surface area contributed by atoms with E-state index in [0.29, 0.717) is 28.4 Å². The van der Waals surface area contributed by atoms with Crippen molar-refractivity contribution in [3.8, 4) is 11.5 Å². The summed E-state index contributed by atoms with van der Waals surface area (Å²) in [6, 6.07) is 11.8. The number of nitro benzene ring substituents is 1. The van der Waals surface area contributed by atoms with E-state index in [1.807, 2.05) is 25.1 Å². The molecule has 3 aromatic rings. The number of fused-ring (bicyclic) bond motifs is 1. The third-order valence-electron chi connectivity index (χ3n) is 3.43. The number of methoxy groups -OCH3 is 1. The monoisotopic (exact) mass is 313 g/mol. The molecule has 23 heavy (non-hydrogen) atoms. The van der Waals surface area contributed by atoms with Crippen molar-refractivity contribution in [1.29, 1.82) is 0 Å². The van der Waals surface area contributed by atoms with E-state index in [1.54, 1.807) is 19.2 Å². The molecule has 0 bridgehead atoms. The summed E-state index contributed by atoms with van der Waals surface area (Å²) in [5.41, 5.74) is 1.29. The second-order valence-electron chi connectivity index (χ2n) is 5.02. The maximum atomic E-state index is 10.8. The van der Waals surface area contributed by atoms with Gasteiger partial charge < -0.3 is 14.5 Å². The predicted octanol–water partition coefficient (Wildman–Crippen LogP) is 3.62. The molecule has 0 spiro atoms. The molecule has 1 unspecified atom stereocenters. The zero-order valence-electron chi connectivity index (χ0n) is 12.6. The minimum absolute atomic E-state index is 0.0223. The lowest BCUT2D eigenvalue weighted by atomic mass is 10.3. The van der Waals surface area contributed by atoms with Gasteiger partial charge in [0.1, 0.15) is 17.3 Å². The number of nitrogens with zero attached hydrogens (tertiary/aromatic N) is 2. The first-order valence-electron chi connectivity index (χ1n) is 7.01. The van der Waals surface area contributed by atoms with E-state index < -0.39 is 4.92 Å². The van der Waals surface area contributed by atoms with Gasteiger partial charge in [-0.2, -0.15) is 0 Å². The largest absolute Gasteiger partial charge is 0.497 e. The summed E-state index contributed by atoms with van der Waals surface area (Å²) in [5, 5.41) is 10.8. The quantitative estimate of drug-likeness (QED) is 0.574. The molecule has 0 aliphatic heterocycles. The van der Waals surface area contributed by atoms with Crippen LogP contribution in [0.25, 0.3) is 11.0 Å². The van der Waals surface area contributed by atoms with E-state index in [0.717, 1.165) is 0 Å². The molecule has 2 aromatic carbocycles. The van der Waals surface area contributed by atoms with Crippen LogP contribution in [-0.2, 0) is 0 Å². The fourth-order valence-corrected chi connectivity index (χ4v) is 2.26. The molecule has 0 aliphatic carbocycles. The molecule has 0 aliphatic rings. The summed E-state index contributed by atoms with van der Waals surface area (Å²) in [6.45, 7) is 1.85. The number of imidazole rings is 1. The maximum Gasteiger partial charge on any atom is 0.271 e. The molecule has 1 atom stereocenters. The number of hydrogen-bond acceptors (Lipinski definition) is 5. The van der Waals surface area contributed by atoms with Gasteiger partial charge in [-0.1, -0.05) is 6.07 Å². The summed E-state index contributed by atoms with van der Waals surface area (Å²) in [4.78, 5) is 17.9. The van der Waals surface area contributed by atoms with Crippen molar-refractivity contribution in [3.05, 3.63) is 58.4 Å². The van der Waals surface area contributed by atoms with E-state index in [1.165, 1.54) is 12.1 Å². The third kappa shape index (κ3) is 3.08. The van der Waals surface area contributed by atoms with Gasteiger partial charge in [0, 0.05) is 18.2 Å². The van der Waals surface area contributed by atoms with Crippen LogP contribution in [0.5, 0.6) is 11.5 Å². The van der Waals surface area contributed by atoms with Gasteiger partial charge in [-0.05, 0) is 25.1 Å². The molecule has 0 fully saturated rings. The second-order valence-corrected chi connectivity index (χ2v) is 5.02. The van der Waals surface area contributed by atoms with Gasteiger partial charge in [0.2, 0.25) is 0 Å². The highest BCUT2D eigenvalue weighted by atomic mass is 16.6. The van der Waals surface area contributed by atoms with Gasteiger partial charge in [0.25, 0.3) is 5.69 Å². The van der Waals surface area contributed by atoms with Crippen molar-refractivity contribution in [1.82, 2.24) is 9.97 Å². The van der Waals surface area contributed by atoms with E-state index in [2.05, 4.69) is 9.97 Å². The molecule has 1 aromatic heterocycles. The standard InChI is InChI=1S/C16H15N3O4/c1-10(23-13-5-3-4-12(9-13)22-2)16-17-14-7-6-11(19(20)21)8-15(14)18-16/h3-10H,1-2H3,(H,17,18). The van der Waals surface area contributed by atoms with Gasteiger partial charge in [0.15, 0.2) is 6.10 Å². The van der Waals surface area contributed by atoms with E-state index in [4.69, 9.17) is 9.47 Å². The summed E-state index contributed by atoms with van der Waals surface area (Å²) < 4.78 is 11.0. The first-order chi connectivity index (χ1) is 11.1. The van der Waals surface area contributed by atoms with Gasteiger partial charge in [-0.3, -0.25) is 10.1 Å². The Morgan fingerprint density at radius 1 is 1.22 bits per heavy atom. The Bertz CT molecular complexity index is 859. The predicted molar refractivity (Wildman–Crippen MR) is 84.8 cm³/mol. The Labute approximate surface area is 132 Å². The van der Waals surface area contributed by atoms with Crippen LogP contribution < -0.4 is 9.47 Å². The molecule has 0 radical (unpaired) electrons. The summed E-state index contributed by atoms with van der Waals surface area (Å²) in [6.07, 6.45) is -0.339. The lowest BCUT2D eigenvalue weighted by Crippen LogP contribution is -2.05. The highest BCUT2D eigenvalue weighted by Gasteiger charge is 2.15. The molecule has 3 rings (SSSR count). The van der Waals surface area contributed by atoms with Crippen LogP contribution in [0.15, 0.2) is 42.5 Å². The molecule has 7 nitrogen and oxygen atoms in total. The Kier molecular flexibility index (Phi) is 3.84. The second kappa shape index (κ2) is 5.96. The van der Waals surface area contributed by atoms with Crippen molar-refractivity contribution in [2.24, 2.45) is 0 Å². The van der Waals surface area contributed by atoms with Crippen molar-refractivity contribution in [2.75, 3.05) is 7.11 Å². The number of aromatic amines is 1. The number of H-pyrrole nitrogens is 1. The zero-order valence-corrected chi connectivity index (χ0v) is 12.6. The zero-order chi connectivity index (χ0) is 16.4. The Morgan fingerprint density at radius 3 is 2.74 bits per heavy atom. The number of nitrogens with one attached hydrogen (secondary N) is 1. The van der Waals surface area contributed by atoms with Gasteiger partial charge >= 0.3 is 0 Å². The van der Waals surface area contributed by atoms with Crippen LogP contribution in [0, 0.1) is 10.1 Å². The first kappa shape index (κ1) is 14.8. The smallest absolute Gasteiger partial charge is 0.271 e. The number of ether oxygens (including phenoxy) is 2. The number of aromatic nitrogens is 2. The summed E-state index contributed by atoms with van der Waals surface area (Å²) in [7, 11) is 1.59. The minimum atomic E-state index is -0.434. The normalized spacial score (nSPS) is 12.1. The number of nitro groups is 1. The minimum Gasteiger partial charge on any atom is -0.497 e. The number of rotatable bonds is 5. The molecule has 1 heterocycles. The summed E-state index contributed by atoms with van der Waals surface area (Å²) in [5.74, 6) is 1.96. The van der Waals surface area contributed by atoms with Gasteiger partial charge in [0.05, 0.1) is 23.1 Å². The fourth-order valence-electron chi connectivity index (χ4n) is 2.26. The van der Waals surface area contributed by atoms with Crippen molar-refractivity contribution in [2.45, 2.75) is 13.0 Å². The maximum absolute atomic E-state index is 10.8. The summed E-state index contributed by atoms with van der Waals surface area (Å²) >= 11 is 0. The highest BCUT2D eigenvalue weighted by molar-refractivity contribution is 5.77. The van der Waals surface area contributed by atoms with Crippen molar-refractivity contribution in [3.63, 3.8) is 0 Å². The Balaban J connectivity index is 1.85. The average Bonchev–Trinajstić information content (AvgIpc) is 2.98. The SMILES string of the molecule is COc1cccc(OC(C)c2nc3ccc([N+](=O)[O-])cc3[nH]2)c1. The molecule has 0 saturated heterocycles. The van der Waals surface area contributed by atoms with Gasteiger partial charge in [-0.25, -0.2) is 4.98 Å². The Morgan fingerprint density at radius 2 is 2.00 bits per heavy atom. The fraction of sp³-hybridized carbons (Fsp3) is 0.188. The lowest BCUT2D eigenvalue weighted by Gasteiger charge is -2.13.